The van der Waals surface area contributed by atoms with Gasteiger partial charge in [-0.2, -0.15) is 0 Å². The van der Waals surface area contributed by atoms with Crippen LogP contribution in [0, 0.1) is 0 Å². The number of rotatable bonds is 9. The lowest BCUT2D eigenvalue weighted by Gasteiger charge is -2.22. The van der Waals surface area contributed by atoms with E-state index in [2.05, 4.69) is 4.98 Å². The standard InChI is InChI=1S/C25H23ClN2O4/c1-18(29)28(32-24-13-4-3-12-23(24)26)21-10-6-8-19(16-21)22(11-2-5-14-25(30)31)20-9-7-15-27-17-20/h3-4,6-13,15-17H,2,5,14H2,1H3,(H,30,31)/b22-11-. The zero-order valence-electron chi connectivity index (χ0n) is 17.6. The van der Waals surface area contributed by atoms with E-state index in [0.717, 1.165) is 16.7 Å². The Morgan fingerprint density at radius 2 is 1.88 bits per heavy atom. The molecule has 0 unspecified atom stereocenters. The van der Waals surface area contributed by atoms with Gasteiger partial charge in [-0.15, -0.1) is 5.06 Å². The molecule has 0 aliphatic heterocycles. The Bertz CT molecular complexity index is 1120. The number of aromatic nitrogens is 1. The number of carbonyl (C=O) groups is 2. The smallest absolute Gasteiger partial charge is 0.303 e. The van der Waals surface area contributed by atoms with Gasteiger partial charge in [0.15, 0.2) is 5.75 Å². The fraction of sp³-hybridized carbons (Fsp3) is 0.160. The van der Waals surface area contributed by atoms with Gasteiger partial charge in [-0.3, -0.25) is 14.6 Å². The van der Waals surface area contributed by atoms with Gasteiger partial charge in [0.25, 0.3) is 5.91 Å². The molecule has 0 radical (unpaired) electrons. The number of nitrogens with zero attached hydrogens (tertiary/aromatic N) is 2. The number of unbranched alkanes of at least 4 members (excludes halogenated alkanes) is 1. The summed E-state index contributed by atoms with van der Waals surface area (Å²) in [7, 11) is 0. The number of anilines is 1. The molecule has 0 bridgehead atoms. The van der Waals surface area contributed by atoms with E-state index in [1.807, 2.05) is 36.4 Å². The molecule has 3 aromatic rings. The minimum Gasteiger partial charge on any atom is -0.481 e. The number of carbonyl (C=O) groups excluding carboxylic acids is 1. The summed E-state index contributed by atoms with van der Waals surface area (Å²) < 4.78 is 0. The Morgan fingerprint density at radius 1 is 1.09 bits per heavy atom. The first-order chi connectivity index (χ1) is 15.5. The zero-order valence-corrected chi connectivity index (χ0v) is 18.3. The number of allylic oxidation sites excluding steroid dienone is 1. The Hall–Kier alpha value is -3.64. The van der Waals surface area contributed by atoms with Crippen LogP contribution in [0.5, 0.6) is 5.75 Å². The number of hydrogen-bond donors (Lipinski definition) is 1. The molecule has 1 N–H and O–H groups in total. The van der Waals surface area contributed by atoms with Crippen LogP contribution in [0.3, 0.4) is 0 Å². The van der Waals surface area contributed by atoms with Gasteiger partial charge in [-0.05, 0) is 54.3 Å². The van der Waals surface area contributed by atoms with Crippen LogP contribution in [0.25, 0.3) is 5.57 Å². The van der Waals surface area contributed by atoms with Gasteiger partial charge in [0, 0.05) is 31.3 Å². The highest BCUT2D eigenvalue weighted by atomic mass is 35.5. The number of hydrogen-bond acceptors (Lipinski definition) is 4. The summed E-state index contributed by atoms with van der Waals surface area (Å²) in [6.45, 7) is 1.41. The number of para-hydroxylation sites is 1. The number of carboxylic acids is 1. The molecule has 6 nitrogen and oxygen atoms in total. The monoisotopic (exact) mass is 450 g/mol. The lowest BCUT2D eigenvalue weighted by molar-refractivity contribution is -0.137. The fourth-order valence-electron chi connectivity index (χ4n) is 3.14. The van der Waals surface area contributed by atoms with Crippen molar-refractivity contribution in [2.75, 3.05) is 5.06 Å². The van der Waals surface area contributed by atoms with Crippen molar-refractivity contribution in [2.45, 2.75) is 26.2 Å². The van der Waals surface area contributed by atoms with E-state index < -0.39 is 5.97 Å². The van der Waals surface area contributed by atoms with Crippen molar-refractivity contribution in [1.82, 2.24) is 4.98 Å². The van der Waals surface area contributed by atoms with Crippen molar-refractivity contribution in [1.29, 1.82) is 0 Å². The fourth-order valence-corrected chi connectivity index (χ4v) is 3.31. The van der Waals surface area contributed by atoms with Crippen LogP contribution >= 0.6 is 11.6 Å². The quantitative estimate of drug-likeness (QED) is 0.330. The van der Waals surface area contributed by atoms with Crippen LogP contribution in [-0.4, -0.2) is 22.0 Å². The third-order valence-corrected chi connectivity index (χ3v) is 4.93. The van der Waals surface area contributed by atoms with Crippen LogP contribution in [0.1, 0.15) is 37.3 Å². The molecule has 0 saturated heterocycles. The van der Waals surface area contributed by atoms with Crippen LogP contribution in [0.4, 0.5) is 5.69 Å². The Labute approximate surface area is 191 Å². The lowest BCUT2D eigenvalue weighted by atomic mass is 9.97. The molecular weight excluding hydrogens is 428 g/mol. The maximum atomic E-state index is 12.4. The maximum Gasteiger partial charge on any atom is 0.303 e. The third kappa shape index (κ3) is 6.18. The Morgan fingerprint density at radius 3 is 2.56 bits per heavy atom. The van der Waals surface area contributed by atoms with E-state index in [1.165, 1.54) is 12.0 Å². The molecule has 0 spiro atoms. The molecule has 1 aromatic heterocycles. The molecule has 1 heterocycles. The first-order valence-electron chi connectivity index (χ1n) is 10.1. The Balaban J connectivity index is 1.95. The number of pyridine rings is 1. The lowest BCUT2D eigenvalue weighted by Crippen LogP contribution is -2.32. The van der Waals surface area contributed by atoms with Crippen LogP contribution in [0.2, 0.25) is 5.02 Å². The maximum absolute atomic E-state index is 12.4. The molecule has 164 valence electrons. The topological polar surface area (TPSA) is 79.7 Å². The number of hydroxylamine groups is 1. The van der Waals surface area contributed by atoms with Gasteiger partial charge in [-0.1, -0.05) is 48.0 Å². The first-order valence-corrected chi connectivity index (χ1v) is 10.5. The zero-order chi connectivity index (χ0) is 22.9. The van der Waals surface area contributed by atoms with E-state index in [4.69, 9.17) is 21.5 Å². The van der Waals surface area contributed by atoms with E-state index in [-0.39, 0.29) is 12.3 Å². The molecule has 0 saturated carbocycles. The van der Waals surface area contributed by atoms with Gasteiger partial charge in [0.1, 0.15) is 0 Å². The molecule has 0 fully saturated rings. The van der Waals surface area contributed by atoms with E-state index in [9.17, 15) is 9.59 Å². The first kappa shape index (κ1) is 23.0. The molecule has 7 heteroatoms. The molecule has 0 aliphatic rings. The molecule has 0 atom stereocenters. The number of carboxylic acid groups (broad SMARTS) is 1. The summed E-state index contributed by atoms with van der Waals surface area (Å²) in [6, 6.07) is 18.1. The second-order valence-electron chi connectivity index (χ2n) is 7.03. The summed E-state index contributed by atoms with van der Waals surface area (Å²) in [4.78, 5) is 33.2. The van der Waals surface area contributed by atoms with Gasteiger partial charge >= 0.3 is 5.97 Å². The van der Waals surface area contributed by atoms with E-state index >= 15 is 0 Å². The highest BCUT2D eigenvalue weighted by Crippen LogP contribution is 2.30. The highest BCUT2D eigenvalue weighted by Gasteiger charge is 2.17. The number of benzene rings is 2. The SMILES string of the molecule is CC(=O)N(Oc1ccccc1Cl)c1cccc(/C(=C/CCCC(=O)O)c2cccnc2)c1. The second kappa shape index (κ2) is 11.1. The molecular formula is C25H23ClN2O4. The van der Waals surface area contributed by atoms with Crippen molar-refractivity contribution in [2.24, 2.45) is 0 Å². The van der Waals surface area contributed by atoms with Crippen LogP contribution < -0.4 is 9.90 Å². The summed E-state index contributed by atoms with van der Waals surface area (Å²) in [5.41, 5.74) is 3.17. The second-order valence-corrected chi connectivity index (χ2v) is 7.44. The van der Waals surface area contributed by atoms with Gasteiger partial charge in [0.05, 0.1) is 10.7 Å². The molecule has 2 aromatic carbocycles. The summed E-state index contributed by atoms with van der Waals surface area (Å²) in [5, 5.41) is 10.5. The van der Waals surface area contributed by atoms with Crippen molar-refractivity contribution in [3.8, 4) is 5.75 Å². The van der Waals surface area contributed by atoms with Crippen LogP contribution in [-0.2, 0) is 9.59 Å². The van der Waals surface area contributed by atoms with Crippen molar-refractivity contribution < 1.29 is 19.5 Å². The minimum atomic E-state index is -0.822. The number of amides is 1. The molecule has 0 aliphatic carbocycles. The third-order valence-electron chi connectivity index (χ3n) is 4.62. The number of halogens is 1. The number of aliphatic carboxylic acids is 1. The highest BCUT2D eigenvalue weighted by molar-refractivity contribution is 6.32. The van der Waals surface area contributed by atoms with Crippen molar-refractivity contribution >= 4 is 34.7 Å². The molecule has 3 rings (SSSR count). The molecule has 32 heavy (non-hydrogen) atoms. The average Bonchev–Trinajstić information content (AvgIpc) is 2.79. The summed E-state index contributed by atoms with van der Waals surface area (Å²) in [5.74, 6) is -0.765. The average molecular weight is 451 g/mol. The van der Waals surface area contributed by atoms with Gasteiger partial charge in [0.2, 0.25) is 0 Å². The predicted octanol–water partition coefficient (Wildman–Crippen LogP) is 5.77. The van der Waals surface area contributed by atoms with Gasteiger partial charge in [-0.25, -0.2) is 0 Å². The van der Waals surface area contributed by atoms with Crippen molar-refractivity contribution in [3.05, 3.63) is 95.3 Å². The van der Waals surface area contributed by atoms with Crippen LogP contribution in [0.15, 0.2) is 79.1 Å². The van der Waals surface area contributed by atoms with Gasteiger partial charge < -0.3 is 9.94 Å². The van der Waals surface area contributed by atoms with E-state index in [1.54, 1.807) is 42.7 Å². The minimum absolute atomic E-state index is 0.0979. The van der Waals surface area contributed by atoms with Crippen molar-refractivity contribution in [3.63, 3.8) is 0 Å². The normalized spacial score (nSPS) is 11.1. The predicted molar refractivity (Wildman–Crippen MR) is 124 cm³/mol. The summed E-state index contributed by atoms with van der Waals surface area (Å²) in [6.07, 6.45) is 6.64. The summed E-state index contributed by atoms with van der Waals surface area (Å²) >= 11 is 6.19. The molecule has 1 amide bonds. The Kier molecular flexibility index (Phi) is 8.00. The largest absolute Gasteiger partial charge is 0.481 e. The van der Waals surface area contributed by atoms with E-state index in [0.29, 0.717) is 29.3 Å².